The third-order valence-electron chi connectivity index (χ3n) is 4.58. The highest BCUT2D eigenvalue weighted by molar-refractivity contribution is 7.89. The Labute approximate surface area is 169 Å². The summed E-state index contributed by atoms with van der Waals surface area (Å²) in [7, 11) is -3.83. The van der Waals surface area contributed by atoms with Gasteiger partial charge in [0, 0.05) is 31.9 Å². The van der Waals surface area contributed by atoms with Crippen LogP contribution in [0.3, 0.4) is 0 Å². The van der Waals surface area contributed by atoms with E-state index in [-0.39, 0.29) is 23.9 Å². The minimum atomic E-state index is -3.83. The number of nitrogens with two attached hydrogens (primary N) is 1. The normalized spacial score (nSPS) is 15.4. The fraction of sp³-hybridized carbons (Fsp3) is 0.333. The molecule has 1 amide bonds. The van der Waals surface area contributed by atoms with Crippen LogP contribution in [0.1, 0.15) is 21.7 Å². The fourth-order valence-corrected chi connectivity index (χ4v) is 4.54. The van der Waals surface area contributed by atoms with E-state index in [0.29, 0.717) is 18.2 Å². The van der Waals surface area contributed by atoms with Crippen LogP contribution >= 0.6 is 12.2 Å². The van der Waals surface area contributed by atoms with Crippen molar-refractivity contribution in [2.24, 2.45) is 5.73 Å². The van der Waals surface area contributed by atoms with Crippen molar-refractivity contribution in [1.29, 1.82) is 0 Å². The minimum absolute atomic E-state index is 0.184. The maximum atomic E-state index is 12.7. The molecule has 3 rings (SSSR count). The van der Waals surface area contributed by atoms with Gasteiger partial charge in [-0.05, 0) is 55.4 Å². The summed E-state index contributed by atoms with van der Waals surface area (Å²) >= 11 is 5.49. The van der Waals surface area contributed by atoms with Crippen LogP contribution < -0.4 is 11.1 Å². The molecule has 1 aromatic carbocycles. The summed E-state index contributed by atoms with van der Waals surface area (Å²) in [6.07, 6.45) is 0. The number of carbonyl (C=O) groups is 1. The lowest BCUT2D eigenvalue weighted by Crippen LogP contribution is -2.51. The van der Waals surface area contributed by atoms with Gasteiger partial charge < -0.3 is 20.4 Å². The number of piperazine rings is 1. The number of hydrogen-bond donors (Lipinski definition) is 2. The van der Waals surface area contributed by atoms with E-state index in [1.807, 2.05) is 36.9 Å². The van der Waals surface area contributed by atoms with Crippen LogP contribution in [0.5, 0.6) is 0 Å². The number of nitrogens with zero attached hydrogens (tertiary/aromatic N) is 2. The van der Waals surface area contributed by atoms with Crippen molar-refractivity contribution < 1.29 is 17.6 Å². The number of sulfonamides is 1. The average molecular weight is 423 g/mol. The molecule has 28 heavy (non-hydrogen) atoms. The van der Waals surface area contributed by atoms with E-state index in [4.69, 9.17) is 22.4 Å². The van der Waals surface area contributed by atoms with Crippen molar-refractivity contribution in [2.75, 3.05) is 31.5 Å². The van der Waals surface area contributed by atoms with Gasteiger partial charge in [-0.15, -0.1) is 0 Å². The van der Waals surface area contributed by atoms with Gasteiger partial charge in [0.25, 0.3) is 15.9 Å². The molecule has 1 saturated heterocycles. The van der Waals surface area contributed by atoms with E-state index in [0.717, 1.165) is 16.8 Å². The number of anilines is 1. The number of nitrogens with one attached hydrogen (secondary N) is 1. The Balaban J connectivity index is 1.64. The molecule has 0 aliphatic carbocycles. The maximum Gasteiger partial charge on any atom is 0.284 e. The second kappa shape index (κ2) is 7.90. The number of amides is 1. The molecule has 2 heterocycles. The Bertz CT molecular complexity index is 1010. The summed E-state index contributed by atoms with van der Waals surface area (Å²) in [6, 6.07) is 8.58. The van der Waals surface area contributed by atoms with Crippen LogP contribution in [0.25, 0.3) is 0 Å². The van der Waals surface area contributed by atoms with Gasteiger partial charge in [0.05, 0.1) is 0 Å². The second-order valence-corrected chi connectivity index (χ2v) is 8.88. The number of rotatable bonds is 4. The number of aryl methyl sites for hydroxylation is 2. The SMILES string of the molecule is Cc1ccc(C)c(NC(=S)N2CCN(S(=O)(=O)c3ccc(C(N)=O)o3)CC2)c1. The summed E-state index contributed by atoms with van der Waals surface area (Å²) in [5.74, 6) is -0.995. The molecule has 8 nitrogen and oxygen atoms in total. The Morgan fingerprint density at radius 2 is 1.82 bits per heavy atom. The monoisotopic (exact) mass is 422 g/mol. The molecule has 0 radical (unpaired) electrons. The molecule has 2 aromatic rings. The lowest BCUT2D eigenvalue weighted by molar-refractivity contribution is 0.0968. The van der Waals surface area contributed by atoms with Crippen LogP contribution in [0.2, 0.25) is 0 Å². The highest BCUT2D eigenvalue weighted by Crippen LogP contribution is 2.21. The third-order valence-corrected chi connectivity index (χ3v) is 6.71. The number of hydrogen-bond acceptors (Lipinski definition) is 5. The molecule has 0 unspecified atom stereocenters. The molecule has 0 atom stereocenters. The fourth-order valence-electron chi connectivity index (χ4n) is 2.91. The lowest BCUT2D eigenvalue weighted by Gasteiger charge is -2.35. The van der Waals surface area contributed by atoms with E-state index in [9.17, 15) is 13.2 Å². The predicted molar refractivity (Wildman–Crippen MR) is 110 cm³/mol. The molecule has 10 heteroatoms. The molecule has 0 spiro atoms. The van der Waals surface area contributed by atoms with Crippen molar-refractivity contribution in [3.63, 3.8) is 0 Å². The van der Waals surface area contributed by atoms with Gasteiger partial charge in [-0.2, -0.15) is 4.31 Å². The van der Waals surface area contributed by atoms with Gasteiger partial charge in [-0.3, -0.25) is 4.79 Å². The molecule has 150 valence electrons. The first-order valence-corrected chi connectivity index (χ1v) is 10.6. The standard InChI is InChI=1S/C18H22N4O4S2/c1-12-3-4-13(2)14(11-12)20-18(27)21-7-9-22(10-8-21)28(24,25)16-6-5-15(26-16)17(19)23/h3-6,11H,7-10H2,1-2H3,(H2,19,23)(H,20,27). The first-order valence-electron chi connectivity index (χ1n) is 8.71. The predicted octanol–water partition coefficient (Wildman–Crippen LogP) is 1.70. The summed E-state index contributed by atoms with van der Waals surface area (Å²) in [6.45, 7) is 5.40. The molecule has 1 fully saturated rings. The van der Waals surface area contributed by atoms with Gasteiger partial charge in [-0.1, -0.05) is 12.1 Å². The summed E-state index contributed by atoms with van der Waals surface area (Å²) in [4.78, 5) is 13.1. The van der Waals surface area contributed by atoms with Crippen molar-refractivity contribution in [3.05, 3.63) is 47.2 Å². The highest BCUT2D eigenvalue weighted by Gasteiger charge is 2.32. The molecular formula is C18H22N4O4S2. The Morgan fingerprint density at radius 3 is 2.43 bits per heavy atom. The van der Waals surface area contributed by atoms with E-state index >= 15 is 0 Å². The molecular weight excluding hydrogens is 400 g/mol. The van der Waals surface area contributed by atoms with Gasteiger partial charge in [0.15, 0.2) is 10.9 Å². The molecule has 1 aliphatic heterocycles. The maximum absolute atomic E-state index is 12.7. The van der Waals surface area contributed by atoms with Crippen LogP contribution in [0.15, 0.2) is 39.8 Å². The molecule has 3 N–H and O–H groups in total. The Morgan fingerprint density at radius 1 is 1.14 bits per heavy atom. The summed E-state index contributed by atoms with van der Waals surface area (Å²) in [5, 5.41) is 3.51. The van der Waals surface area contributed by atoms with Crippen LogP contribution in [-0.2, 0) is 10.0 Å². The second-order valence-electron chi connectivity index (χ2n) is 6.62. The Hall–Kier alpha value is -2.43. The first-order chi connectivity index (χ1) is 13.2. The van der Waals surface area contributed by atoms with Gasteiger partial charge in [0.2, 0.25) is 5.09 Å². The quantitative estimate of drug-likeness (QED) is 0.722. The number of primary amides is 1. The van der Waals surface area contributed by atoms with E-state index < -0.39 is 15.9 Å². The average Bonchev–Trinajstić information content (AvgIpc) is 3.16. The van der Waals surface area contributed by atoms with Gasteiger partial charge in [-0.25, -0.2) is 8.42 Å². The van der Waals surface area contributed by atoms with Crippen LogP contribution in [-0.4, -0.2) is 54.8 Å². The number of benzene rings is 1. The smallest absolute Gasteiger partial charge is 0.284 e. The minimum Gasteiger partial charge on any atom is -0.438 e. The summed E-state index contributed by atoms with van der Waals surface area (Å²) < 4.78 is 31.8. The Kier molecular flexibility index (Phi) is 5.73. The zero-order valence-electron chi connectivity index (χ0n) is 15.6. The molecule has 0 saturated carbocycles. The highest BCUT2D eigenvalue weighted by atomic mass is 32.2. The first kappa shape index (κ1) is 20.3. The van der Waals surface area contributed by atoms with Crippen LogP contribution in [0, 0.1) is 13.8 Å². The van der Waals surface area contributed by atoms with Gasteiger partial charge in [0.1, 0.15) is 0 Å². The van der Waals surface area contributed by atoms with Crippen LogP contribution in [0.4, 0.5) is 5.69 Å². The summed E-state index contributed by atoms with van der Waals surface area (Å²) in [5.41, 5.74) is 8.26. The molecule has 0 bridgehead atoms. The van der Waals surface area contributed by atoms with Gasteiger partial charge >= 0.3 is 0 Å². The van der Waals surface area contributed by atoms with E-state index in [1.54, 1.807) is 0 Å². The van der Waals surface area contributed by atoms with Crippen molar-refractivity contribution >= 4 is 38.9 Å². The molecule has 1 aliphatic rings. The largest absolute Gasteiger partial charge is 0.438 e. The van der Waals surface area contributed by atoms with Crippen molar-refractivity contribution in [1.82, 2.24) is 9.21 Å². The van der Waals surface area contributed by atoms with Crippen molar-refractivity contribution in [3.8, 4) is 0 Å². The number of furan rings is 1. The van der Waals surface area contributed by atoms with E-state index in [1.165, 1.54) is 16.4 Å². The zero-order valence-corrected chi connectivity index (χ0v) is 17.3. The molecule has 1 aromatic heterocycles. The zero-order chi connectivity index (χ0) is 20.5. The lowest BCUT2D eigenvalue weighted by atomic mass is 10.1. The number of carbonyl (C=O) groups excluding carboxylic acids is 1. The topological polar surface area (TPSA) is 109 Å². The third kappa shape index (κ3) is 4.18. The van der Waals surface area contributed by atoms with E-state index in [2.05, 4.69) is 5.32 Å². The number of thiocarbonyl (C=S) groups is 1. The van der Waals surface area contributed by atoms with Crippen molar-refractivity contribution in [2.45, 2.75) is 18.9 Å².